The first-order valence-electron chi connectivity index (χ1n) is 11.7. The number of rotatable bonds is 16. The maximum atomic E-state index is 12.2. The van der Waals surface area contributed by atoms with Crippen LogP contribution in [0, 0.1) is 16.7 Å². The van der Waals surface area contributed by atoms with Gasteiger partial charge < -0.3 is 14.1 Å². The molecule has 178 valence electrons. The molecule has 6 nitrogen and oxygen atoms in total. The lowest BCUT2D eigenvalue weighted by Crippen LogP contribution is -2.24. The van der Waals surface area contributed by atoms with E-state index in [1.165, 1.54) is 0 Å². The minimum Gasteiger partial charge on any atom is -0.462 e. The van der Waals surface area contributed by atoms with E-state index in [-0.39, 0.29) is 17.4 Å². The van der Waals surface area contributed by atoms with Gasteiger partial charge in [-0.2, -0.15) is 5.26 Å². The molecule has 2 aromatic carbocycles. The summed E-state index contributed by atoms with van der Waals surface area (Å²) < 4.78 is 15.6. The summed E-state index contributed by atoms with van der Waals surface area (Å²) in [6.07, 6.45) is 5.65. The molecule has 34 heavy (non-hydrogen) atoms. The van der Waals surface area contributed by atoms with Crippen molar-refractivity contribution < 1.29 is 23.7 Å². The summed E-state index contributed by atoms with van der Waals surface area (Å²) >= 11 is 0. The van der Waals surface area contributed by atoms with Crippen molar-refractivity contribution in [3.63, 3.8) is 0 Å². The van der Waals surface area contributed by atoms with Crippen LogP contribution in [-0.2, 0) is 14.1 Å². The molecule has 0 aliphatic rings. The number of esters is 2. The number of benzene rings is 2. The first-order valence-corrected chi connectivity index (χ1v) is 11.7. The third kappa shape index (κ3) is 9.80. The van der Waals surface area contributed by atoms with Crippen molar-refractivity contribution in [2.75, 3.05) is 19.8 Å². The maximum absolute atomic E-state index is 12.2. The monoisotopic (exact) mass is 461 g/mol. The van der Waals surface area contributed by atoms with Crippen LogP contribution in [0.2, 0.25) is 0 Å². The fraction of sp³-hybridized carbons (Fsp3) is 0.444. The van der Waals surface area contributed by atoms with Crippen LogP contribution in [0.5, 0.6) is 0 Å². The number of hydrogen-bond donors (Lipinski definition) is 0. The van der Waals surface area contributed by atoms with Crippen molar-refractivity contribution >= 4 is 20.0 Å². The summed E-state index contributed by atoms with van der Waals surface area (Å²) in [4.78, 5) is 24.4. The first kappa shape index (κ1) is 27.1. The Labute approximate surface area is 203 Å². The average molecular weight is 461 g/mol. The zero-order valence-corrected chi connectivity index (χ0v) is 19.6. The Morgan fingerprint density at radius 2 is 1.18 bits per heavy atom. The zero-order chi connectivity index (χ0) is 24.5. The van der Waals surface area contributed by atoms with Crippen LogP contribution in [0.3, 0.4) is 0 Å². The highest BCUT2D eigenvalue weighted by Gasteiger charge is 2.29. The molecule has 0 spiro atoms. The van der Waals surface area contributed by atoms with Crippen LogP contribution in [0.1, 0.15) is 72.1 Å². The number of carbonyl (C=O) groups is 2. The summed E-state index contributed by atoms with van der Waals surface area (Å²) in [6, 6.07) is 20.0. The normalized spacial score (nSPS) is 10.9. The molecule has 0 heterocycles. The molecule has 0 aliphatic heterocycles. The molecular formula is C27H32BNO5. The highest BCUT2D eigenvalue weighted by Crippen LogP contribution is 2.39. The van der Waals surface area contributed by atoms with E-state index in [1.54, 1.807) is 48.5 Å². The predicted molar refractivity (Wildman–Crippen MR) is 130 cm³/mol. The van der Waals surface area contributed by atoms with Gasteiger partial charge in [0.25, 0.3) is 8.05 Å². The Bertz CT molecular complexity index is 839. The molecule has 0 fully saturated rings. The Hall–Kier alpha value is -3.11. The molecule has 0 saturated heterocycles. The zero-order valence-electron chi connectivity index (χ0n) is 19.6. The van der Waals surface area contributed by atoms with Crippen LogP contribution in [0.4, 0.5) is 0 Å². The molecule has 7 heteroatoms. The molecule has 0 aliphatic carbocycles. The van der Waals surface area contributed by atoms with Gasteiger partial charge in [-0.25, -0.2) is 9.59 Å². The average Bonchev–Trinajstić information content (AvgIpc) is 2.88. The number of nitrogens with zero attached hydrogens (tertiary/aromatic N) is 1. The fourth-order valence-corrected chi connectivity index (χ4v) is 4.14. The van der Waals surface area contributed by atoms with Crippen LogP contribution >= 0.6 is 0 Å². The van der Waals surface area contributed by atoms with E-state index in [9.17, 15) is 14.9 Å². The first-order chi connectivity index (χ1) is 16.6. The van der Waals surface area contributed by atoms with E-state index < -0.39 is 0 Å². The number of ether oxygens (including phenoxy) is 2. The Morgan fingerprint density at radius 3 is 1.59 bits per heavy atom. The van der Waals surface area contributed by atoms with E-state index in [1.807, 2.05) is 12.1 Å². The Balaban J connectivity index is 1.90. The fourth-order valence-electron chi connectivity index (χ4n) is 4.14. The predicted octanol–water partition coefficient (Wildman–Crippen LogP) is 5.43. The molecular weight excluding hydrogens is 429 g/mol. The highest BCUT2D eigenvalue weighted by atomic mass is 16.5. The van der Waals surface area contributed by atoms with Gasteiger partial charge >= 0.3 is 11.9 Å². The van der Waals surface area contributed by atoms with E-state index >= 15 is 0 Å². The molecule has 0 bridgehead atoms. The largest absolute Gasteiger partial charge is 0.462 e. The van der Waals surface area contributed by atoms with Crippen LogP contribution in [-0.4, -0.2) is 39.8 Å². The summed E-state index contributed by atoms with van der Waals surface area (Å²) in [5, 5.41) is 9.21. The van der Waals surface area contributed by atoms with Gasteiger partial charge in [0.2, 0.25) is 0 Å². The van der Waals surface area contributed by atoms with Crippen molar-refractivity contribution in [3.05, 3.63) is 71.8 Å². The number of hydrogen-bond acceptors (Lipinski definition) is 6. The molecule has 0 saturated carbocycles. The van der Waals surface area contributed by atoms with Gasteiger partial charge in [0.05, 0.1) is 30.4 Å². The van der Waals surface area contributed by atoms with Crippen molar-refractivity contribution in [1.29, 1.82) is 5.26 Å². The standard InChI is InChI=1S/C27H32BNO5/c28-34-22-10-18-27(15-7-19-29,16-8-20-32-25(30)23-11-3-1-4-12-23)17-9-21-33-26(31)24-13-5-2-6-14-24/h1-6,11-14H,7-10,15-18,20-22H2. The van der Waals surface area contributed by atoms with Crippen molar-refractivity contribution in [2.45, 2.75) is 51.4 Å². The lowest BCUT2D eigenvalue weighted by Gasteiger charge is -2.34. The van der Waals surface area contributed by atoms with Gasteiger partial charge in [0.1, 0.15) is 0 Å². The molecule has 0 amide bonds. The van der Waals surface area contributed by atoms with Gasteiger partial charge in [-0.3, -0.25) is 0 Å². The van der Waals surface area contributed by atoms with E-state index in [2.05, 4.69) is 6.07 Å². The molecule has 0 unspecified atom stereocenters. The number of carbonyl (C=O) groups excluding carboxylic acids is 2. The quantitative estimate of drug-likeness (QED) is 0.188. The topological polar surface area (TPSA) is 85.6 Å². The second-order valence-electron chi connectivity index (χ2n) is 8.34. The Kier molecular flexibility index (Phi) is 12.5. The molecule has 2 aromatic rings. The second kappa shape index (κ2) is 15.7. The van der Waals surface area contributed by atoms with E-state index in [0.717, 1.165) is 25.7 Å². The van der Waals surface area contributed by atoms with Gasteiger partial charge in [-0.05, 0) is 74.6 Å². The second-order valence-corrected chi connectivity index (χ2v) is 8.34. The summed E-state index contributed by atoms with van der Waals surface area (Å²) in [5.41, 5.74) is 0.907. The molecule has 0 atom stereocenters. The van der Waals surface area contributed by atoms with Crippen LogP contribution in [0.15, 0.2) is 60.7 Å². The summed E-state index contributed by atoms with van der Waals surface area (Å²) in [5.74, 6) is -0.680. The van der Waals surface area contributed by atoms with Crippen molar-refractivity contribution in [1.82, 2.24) is 0 Å². The summed E-state index contributed by atoms with van der Waals surface area (Å²) in [7, 11) is 5.21. The van der Waals surface area contributed by atoms with Gasteiger partial charge in [0, 0.05) is 13.0 Å². The Morgan fingerprint density at radius 1 is 0.735 bits per heavy atom. The van der Waals surface area contributed by atoms with Gasteiger partial charge in [-0.15, -0.1) is 0 Å². The molecule has 2 rings (SSSR count). The third-order valence-corrected chi connectivity index (χ3v) is 5.92. The minimum atomic E-state index is -0.340. The lowest BCUT2D eigenvalue weighted by molar-refractivity contribution is 0.0448. The van der Waals surface area contributed by atoms with Crippen molar-refractivity contribution in [3.8, 4) is 6.07 Å². The van der Waals surface area contributed by atoms with Gasteiger partial charge in [0.15, 0.2) is 0 Å². The van der Waals surface area contributed by atoms with Gasteiger partial charge in [-0.1, -0.05) is 36.4 Å². The number of nitriles is 1. The van der Waals surface area contributed by atoms with E-state index in [0.29, 0.717) is 56.6 Å². The van der Waals surface area contributed by atoms with Crippen LogP contribution in [0.25, 0.3) is 0 Å². The minimum absolute atomic E-state index is 0.146. The molecule has 0 N–H and O–H groups in total. The maximum Gasteiger partial charge on any atom is 0.338 e. The van der Waals surface area contributed by atoms with Crippen LogP contribution < -0.4 is 0 Å². The summed E-state index contributed by atoms with van der Waals surface area (Å²) in [6.45, 7) is 1.04. The lowest BCUT2D eigenvalue weighted by atomic mass is 9.72. The molecule has 0 aromatic heterocycles. The molecule has 2 radical (unpaired) electrons. The smallest absolute Gasteiger partial charge is 0.338 e. The van der Waals surface area contributed by atoms with Crippen molar-refractivity contribution in [2.24, 2.45) is 5.41 Å². The SMILES string of the molecule is [B]OCCCC(CCC#N)(CCCOC(=O)c1ccccc1)CCCOC(=O)c1ccccc1. The van der Waals surface area contributed by atoms with E-state index in [4.69, 9.17) is 22.2 Å². The third-order valence-electron chi connectivity index (χ3n) is 5.92. The highest BCUT2D eigenvalue weighted by molar-refractivity contribution is 5.97.